The Hall–Kier alpha value is -1.42. The summed E-state index contributed by atoms with van der Waals surface area (Å²) >= 11 is 0. The van der Waals surface area contributed by atoms with Gasteiger partial charge >= 0.3 is 0 Å². The summed E-state index contributed by atoms with van der Waals surface area (Å²) in [5.74, 6) is 0.245. The van der Waals surface area contributed by atoms with Gasteiger partial charge in [-0.25, -0.2) is 0 Å². The molecule has 86 valence electrons. The van der Waals surface area contributed by atoms with Gasteiger partial charge in [-0.2, -0.15) is 0 Å². The summed E-state index contributed by atoms with van der Waals surface area (Å²) in [5, 5.41) is 6.19. The fourth-order valence-corrected chi connectivity index (χ4v) is 1.92. The molecule has 1 saturated heterocycles. The van der Waals surface area contributed by atoms with Gasteiger partial charge in [0, 0.05) is 12.7 Å². The topological polar surface area (TPSA) is 54.0 Å². The number of hydrogen-bond donors (Lipinski definition) is 2. The van der Waals surface area contributed by atoms with Gasteiger partial charge in [-0.3, -0.25) is 9.78 Å². The Labute approximate surface area is 95.5 Å². The van der Waals surface area contributed by atoms with E-state index in [9.17, 15) is 4.79 Å². The highest BCUT2D eigenvalue weighted by Crippen LogP contribution is 2.12. The molecule has 1 aliphatic rings. The third-order valence-corrected chi connectivity index (χ3v) is 2.92. The van der Waals surface area contributed by atoms with Crippen LogP contribution in [0.2, 0.25) is 0 Å². The molecule has 2 rings (SSSR count). The lowest BCUT2D eigenvalue weighted by atomic mass is 10.1. The minimum Gasteiger partial charge on any atom is -0.348 e. The third kappa shape index (κ3) is 2.58. The molecule has 1 amide bonds. The molecule has 2 unspecified atom stereocenters. The van der Waals surface area contributed by atoms with Crippen LogP contribution in [0.4, 0.5) is 0 Å². The van der Waals surface area contributed by atoms with Crippen LogP contribution in [0.1, 0.15) is 25.1 Å². The summed E-state index contributed by atoms with van der Waals surface area (Å²) in [4.78, 5) is 16.1. The van der Waals surface area contributed by atoms with Crippen LogP contribution in [0.15, 0.2) is 24.4 Å². The second-order valence-electron chi connectivity index (χ2n) is 4.17. The van der Waals surface area contributed by atoms with Crippen molar-refractivity contribution in [3.63, 3.8) is 0 Å². The van der Waals surface area contributed by atoms with Gasteiger partial charge < -0.3 is 10.6 Å². The molecule has 1 aromatic rings. The summed E-state index contributed by atoms with van der Waals surface area (Å²) in [6.45, 7) is 3.69. The van der Waals surface area contributed by atoms with E-state index in [0.29, 0.717) is 0 Å². The van der Waals surface area contributed by atoms with Crippen LogP contribution in [-0.2, 0) is 4.79 Å². The molecule has 1 aromatic heterocycles. The number of nitrogens with one attached hydrogen (secondary N) is 2. The summed E-state index contributed by atoms with van der Waals surface area (Å²) in [6, 6.07) is 5.72. The SMILES string of the molecule is CC(NC(=O)C1CCNC1)c1ccccn1. The Morgan fingerprint density at radius 2 is 2.50 bits per heavy atom. The monoisotopic (exact) mass is 219 g/mol. The van der Waals surface area contributed by atoms with E-state index in [1.54, 1.807) is 6.20 Å². The zero-order chi connectivity index (χ0) is 11.4. The van der Waals surface area contributed by atoms with Crippen molar-refractivity contribution in [1.29, 1.82) is 0 Å². The molecule has 0 bridgehead atoms. The quantitative estimate of drug-likeness (QED) is 0.793. The second kappa shape index (κ2) is 5.07. The van der Waals surface area contributed by atoms with Crippen LogP contribution in [-0.4, -0.2) is 24.0 Å². The van der Waals surface area contributed by atoms with E-state index in [4.69, 9.17) is 0 Å². The summed E-state index contributed by atoms with van der Waals surface area (Å²) in [7, 11) is 0. The Balaban J connectivity index is 1.92. The van der Waals surface area contributed by atoms with Gasteiger partial charge in [0.1, 0.15) is 0 Å². The lowest BCUT2D eigenvalue weighted by molar-refractivity contribution is -0.125. The molecule has 2 atom stereocenters. The Morgan fingerprint density at radius 3 is 3.12 bits per heavy atom. The number of hydrogen-bond acceptors (Lipinski definition) is 3. The van der Waals surface area contributed by atoms with Crippen LogP contribution in [0.5, 0.6) is 0 Å². The first-order valence-electron chi connectivity index (χ1n) is 5.69. The predicted molar refractivity (Wildman–Crippen MR) is 61.8 cm³/mol. The number of rotatable bonds is 3. The number of amides is 1. The molecule has 16 heavy (non-hydrogen) atoms. The van der Waals surface area contributed by atoms with Gasteiger partial charge in [0.05, 0.1) is 17.7 Å². The number of carbonyl (C=O) groups excluding carboxylic acids is 1. The van der Waals surface area contributed by atoms with Crippen molar-refractivity contribution in [1.82, 2.24) is 15.6 Å². The van der Waals surface area contributed by atoms with Crippen molar-refractivity contribution in [2.75, 3.05) is 13.1 Å². The molecule has 0 radical (unpaired) electrons. The number of carbonyl (C=O) groups is 1. The lowest BCUT2D eigenvalue weighted by Crippen LogP contribution is -2.34. The largest absolute Gasteiger partial charge is 0.348 e. The van der Waals surface area contributed by atoms with Crippen molar-refractivity contribution in [2.45, 2.75) is 19.4 Å². The molecule has 0 aromatic carbocycles. The smallest absolute Gasteiger partial charge is 0.224 e. The lowest BCUT2D eigenvalue weighted by Gasteiger charge is -2.16. The predicted octanol–water partition coefficient (Wildman–Crippen LogP) is 0.868. The first-order valence-corrected chi connectivity index (χ1v) is 5.69. The third-order valence-electron chi connectivity index (χ3n) is 2.92. The van der Waals surface area contributed by atoms with Crippen LogP contribution < -0.4 is 10.6 Å². The van der Waals surface area contributed by atoms with Crippen LogP contribution in [0.25, 0.3) is 0 Å². The normalized spacial score (nSPS) is 21.7. The maximum Gasteiger partial charge on any atom is 0.224 e. The van der Waals surface area contributed by atoms with Gasteiger partial charge in [0.25, 0.3) is 0 Å². The van der Waals surface area contributed by atoms with Crippen molar-refractivity contribution in [2.24, 2.45) is 5.92 Å². The molecular weight excluding hydrogens is 202 g/mol. The van der Waals surface area contributed by atoms with Crippen molar-refractivity contribution in [3.8, 4) is 0 Å². The van der Waals surface area contributed by atoms with Gasteiger partial charge in [-0.15, -0.1) is 0 Å². The highest BCUT2D eigenvalue weighted by Gasteiger charge is 2.23. The molecule has 4 heteroatoms. The van der Waals surface area contributed by atoms with Crippen LogP contribution >= 0.6 is 0 Å². The maximum atomic E-state index is 11.9. The van der Waals surface area contributed by atoms with Crippen molar-refractivity contribution < 1.29 is 4.79 Å². The van der Waals surface area contributed by atoms with Crippen molar-refractivity contribution in [3.05, 3.63) is 30.1 Å². The van der Waals surface area contributed by atoms with E-state index in [2.05, 4.69) is 15.6 Å². The molecule has 0 spiro atoms. The van der Waals surface area contributed by atoms with E-state index in [1.807, 2.05) is 25.1 Å². The molecule has 1 fully saturated rings. The highest BCUT2D eigenvalue weighted by molar-refractivity contribution is 5.79. The van der Waals surface area contributed by atoms with Crippen LogP contribution in [0, 0.1) is 5.92 Å². The minimum absolute atomic E-state index is 0.0192. The zero-order valence-corrected chi connectivity index (χ0v) is 9.44. The summed E-state index contributed by atoms with van der Waals surface area (Å²) < 4.78 is 0. The summed E-state index contributed by atoms with van der Waals surface area (Å²) in [6.07, 6.45) is 2.68. The Kier molecular flexibility index (Phi) is 3.51. The Morgan fingerprint density at radius 1 is 1.62 bits per heavy atom. The number of nitrogens with zero attached hydrogens (tertiary/aromatic N) is 1. The molecule has 2 N–H and O–H groups in total. The van der Waals surface area contributed by atoms with Crippen molar-refractivity contribution >= 4 is 5.91 Å². The first-order chi connectivity index (χ1) is 7.77. The number of aromatic nitrogens is 1. The van der Waals surface area contributed by atoms with E-state index >= 15 is 0 Å². The highest BCUT2D eigenvalue weighted by atomic mass is 16.2. The zero-order valence-electron chi connectivity index (χ0n) is 9.44. The molecule has 2 heterocycles. The Bertz CT molecular complexity index is 347. The van der Waals surface area contributed by atoms with Gasteiger partial charge in [-0.05, 0) is 32.0 Å². The molecule has 4 nitrogen and oxygen atoms in total. The van der Waals surface area contributed by atoms with Gasteiger partial charge in [0.15, 0.2) is 0 Å². The summed E-state index contributed by atoms with van der Waals surface area (Å²) in [5.41, 5.74) is 0.904. The minimum atomic E-state index is -0.0192. The van der Waals surface area contributed by atoms with Gasteiger partial charge in [0.2, 0.25) is 5.91 Å². The molecular formula is C12H17N3O. The number of pyridine rings is 1. The average Bonchev–Trinajstić information content (AvgIpc) is 2.83. The second-order valence-corrected chi connectivity index (χ2v) is 4.17. The average molecular weight is 219 g/mol. The van der Waals surface area contributed by atoms with Gasteiger partial charge in [-0.1, -0.05) is 6.07 Å². The fourth-order valence-electron chi connectivity index (χ4n) is 1.92. The van der Waals surface area contributed by atoms with E-state index < -0.39 is 0 Å². The molecule has 1 aliphatic heterocycles. The van der Waals surface area contributed by atoms with E-state index in [0.717, 1.165) is 25.2 Å². The standard InChI is InChI=1S/C12H17N3O/c1-9(11-4-2-3-6-14-11)15-12(16)10-5-7-13-8-10/h2-4,6,9-10,13H,5,7-8H2,1H3,(H,15,16). The van der Waals surface area contributed by atoms with Crippen LogP contribution in [0.3, 0.4) is 0 Å². The fraction of sp³-hybridized carbons (Fsp3) is 0.500. The molecule has 0 aliphatic carbocycles. The first kappa shape index (κ1) is 11.1. The van der Waals surface area contributed by atoms with E-state index in [1.165, 1.54) is 0 Å². The van der Waals surface area contributed by atoms with E-state index in [-0.39, 0.29) is 17.9 Å². The maximum absolute atomic E-state index is 11.9. The molecule has 0 saturated carbocycles.